The summed E-state index contributed by atoms with van der Waals surface area (Å²) in [6, 6.07) is 12.0. The van der Waals surface area contributed by atoms with Crippen molar-refractivity contribution in [3.63, 3.8) is 0 Å². The topological polar surface area (TPSA) is 112 Å². The number of para-hydroxylation sites is 1. The summed E-state index contributed by atoms with van der Waals surface area (Å²) >= 11 is 0. The Bertz CT molecular complexity index is 1050. The van der Waals surface area contributed by atoms with Crippen LogP contribution < -0.4 is 20.1 Å². The van der Waals surface area contributed by atoms with Gasteiger partial charge in [-0.3, -0.25) is 4.79 Å². The molecule has 32 heavy (non-hydrogen) atoms. The van der Waals surface area contributed by atoms with Gasteiger partial charge >= 0.3 is 11.9 Å². The van der Waals surface area contributed by atoms with Gasteiger partial charge in [-0.05, 0) is 29.8 Å². The number of rotatable bonds is 7. The fourth-order valence-electron chi connectivity index (χ4n) is 3.00. The van der Waals surface area contributed by atoms with Crippen LogP contribution in [0.3, 0.4) is 0 Å². The Morgan fingerprint density at radius 3 is 2.31 bits per heavy atom. The number of methoxy groups -OCH3 is 2. The zero-order chi connectivity index (χ0) is 23.3. The van der Waals surface area contributed by atoms with Crippen LogP contribution in [-0.2, 0) is 25.6 Å². The van der Waals surface area contributed by atoms with E-state index in [1.165, 1.54) is 27.2 Å². The number of benzene rings is 2. The maximum Gasteiger partial charge on any atom is 0.350 e. The van der Waals surface area contributed by atoms with Crippen molar-refractivity contribution in [3.8, 4) is 11.5 Å². The molecule has 3 rings (SSSR count). The predicted octanol–water partition coefficient (Wildman–Crippen LogP) is 2.77. The summed E-state index contributed by atoms with van der Waals surface area (Å²) in [6.45, 7) is 3.18. The summed E-state index contributed by atoms with van der Waals surface area (Å²) in [5.74, 6) is -2.15. The maximum absolute atomic E-state index is 12.8. The van der Waals surface area contributed by atoms with Crippen molar-refractivity contribution in [1.29, 1.82) is 0 Å². The van der Waals surface area contributed by atoms with E-state index >= 15 is 0 Å². The lowest BCUT2D eigenvalue weighted by molar-refractivity contribution is -0.222. The molecule has 1 aliphatic rings. The largest absolute Gasteiger partial charge is 0.493 e. The minimum Gasteiger partial charge on any atom is -0.493 e. The summed E-state index contributed by atoms with van der Waals surface area (Å²) in [7, 11) is 3.08. The first kappa shape index (κ1) is 22.7. The normalized spacial score (nSPS) is 14.7. The van der Waals surface area contributed by atoms with Gasteiger partial charge in [0.2, 0.25) is 0 Å². The van der Waals surface area contributed by atoms with Gasteiger partial charge in [-0.2, -0.15) is 0 Å². The fourth-order valence-corrected chi connectivity index (χ4v) is 3.00. The van der Waals surface area contributed by atoms with Crippen molar-refractivity contribution in [3.05, 3.63) is 65.4 Å². The Balaban J connectivity index is 1.72. The molecule has 0 unspecified atom stereocenters. The Morgan fingerprint density at radius 1 is 1.00 bits per heavy atom. The van der Waals surface area contributed by atoms with Gasteiger partial charge in [0.25, 0.3) is 11.7 Å². The molecule has 1 fully saturated rings. The average molecular weight is 440 g/mol. The second-order valence-electron chi connectivity index (χ2n) is 7.30. The quantitative estimate of drug-likeness (QED) is 0.384. The van der Waals surface area contributed by atoms with Crippen molar-refractivity contribution in [2.45, 2.75) is 26.2 Å². The predicted molar refractivity (Wildman–Crippen MR) is 115 cm³/mol. The Labute approximate surface area is 185 Å². The van der Waals surface area contributed by atoms with Crippen LogP contribution >= 0.6 is 0 Å². The molecule has 1 amide bonds. The number of hydrogen-bond acceptors (Lipinski definition) is 8. The van der Waals surface area contributed by atoms with Crippen LogP contribution in [0, 0.1) is 0 Å². The first-order chi connectivity index (χ1) is 15.2. The molecule has 2 aromatic rings. The van der Waals surface area contributed by atoms with Crippen LogP contribution in [-0.4, -0.2) is 37.9 Å². The Hall–Kier alpha value is -4.01. The van der Waals surface area contributed by atoms with E-state index in [1.807, 2.05) is 6.07 Å². The lowest BCUT2D eigenvalue weighted by atomic mass is 10.1. The van der Waals surface area contributed by atoms with Crippen LogP contribution in [0.1, 0.15) is 29.8 Å². The summed E-state index contributed by atoms with van der Waals surface area (Å²) in [5, 5.41) is 5.65. The van der Waals surface area contributed by atoms with E-state index < -0.39 is 17.7 Å². The van der Waals surface area contributed by atoms with Crippen molar-refractivity contribution in [1.82, 2.24) is 5.32 Å². The molecule has 0 bridgehead atoms. The highest BCUT2D eigenvalue weighted by Crippen LogP contribution is 2.27. The highest BCUT2D eigenvalue weighted by Gasteiger charge is 2.39. The van der Waals surface area contributed by atoms with Gasteiger partial charge in [-0.1, -0.05) is 18.2 Å². The van der Waals surface area contributed by atoms with Gasteiger partial charge in [-0.25, -0.2) is 9.59 Å². The standard InChI is InChI=1S/C23H24N2O7/c1-23(2)31-21(27)16(22(28)32-23)13-24-17-8-6-5-7-15(17)20(26)25-12-14-9-10-18(29-3)19(11-14)30-4/h5-11,13,24H,12H2,1-4H3,(H,25,26). The molecule has 0 saturated carbocycles. The van der Waals surface area contributed by atoms with Gasteiger partial charge in [0, 0.05) is 26.6 Å². The highest BCUT2D eigenvalue weighted by atomic mass is 16.7. The molecule has 1 aliphatic heterocycles. The minimum atomic E-state index is -1.33. The van der Waals surface area contributed by atoms with Crippen LogP contribution in [0.4, 0.5) is 5.69 Å². The van der Waals surface area contributed by atoms with Crippen molar-refractivity contribution in [2.75, 3.05) is 19.5 Å². The highest BCUT2D eigenvalue weighted by molar-refractivity contribution is 6.15. The molecule has 9 nitrogen and oxygen atoms in total. The van der Waals surface area contributed by atoms with E-state index in [1.54, 1.807) is 43.5 Å². The van der Waals surface area contributed by atoms with Crippen molar-refractivity contribution >= 4 is 23.5 Å². The SMILES string of the molecule is COc1ccc(CNC(=O)c2ccccc2NC=C2C(=O)OC(C)(C)OC2=O)cc1OC. The first-order valence-electron chi connectivity index (χ1n) is 9.75. The number of anilines is 1. The van der Waals surface area contributed by atoms with Crippen molar-refractivity contribution in [2.24, 2.45) is 0 Å². The molecular weight excluding hydrogens is 416 g/mol. The number of carbonyl (C=O) groups is 3. The third-order valence-electron chi connectivity index (χ3n) is 4.56. The van der Waals surface area contributed by atoms with E-state index in [-0.39, 0.29) is 18.0 Å². The van der Waals surface area contributed by atoms with E-state index in [0.29, 0.717) is 22.7 Å². The summed E-state index contributed by atoms with van der Waals surface area (Å²) in [6.07, 6.45) is 1.17. The molecular formula is C23H24N2O7. The molecule has 0 atom stereocenters. The summed E-state index contributed by atoms with van der Waals surface area (Å²) in [5.41, 5.74) is 1.24. The monoisotopic (exact) mass is 440 g/mol. The van der Waals surface area contributed by atoms with Crippen LogP contribution in [0.25, 0.3) is 0 Å². The fraction of sp³-hybridized carbons (Fsp3) is 0.261. The third-order valence-corrected chi connectivity index (χ3v) is 4.56. The second kappa shape index (κ2) is 9.42. The molecule has 1 heterocycles. The number of amides is 1. The molecule has 1 saturated heterocycles. The van der Waals surface area contributed by atoms with Crippen LogP contribution in [0.2, 0.25) is 0 Å². The number of ether oxygens (including phenoxy) is 4. The molecule has 9 heteroatoms. The van der Waals surface area contributed by atoms with E-state index in [4.69, 9.17) is 18.9 Å². The number of carbonyl (C=O) groups excluding carboxylic acids is 3. The van der Waals surface area contributed by atoms with Crippen LogP contribution in [0.15, 0.2) is 54.2 Å². The molecule has 0 aliphatic carbocycles. The van der Waals surface area contributed by atoms with Gasteiger partial charge in [0.15, 0.2) is 17.1 Å². The molecule has 2 aromatic carbocycles. The minimum absolute atomic E-state index is 0.252. The number of cyclic esters (lactones) is 2. The third kappa shape index (κ3) is 5.18. The average Bonchev–Trinajstić information content (AvgIpc) is 2.76. The van der Waals surface area contributed by atoms with E-state index in [0.717, 1.165) is 5.56 Å². The van der Waals surface area contributed by atoms with Crippen molar-refractivity contribution < 1.29 is 33.3 Å². The Kier molecular flexibility index (Phi) is 6.67. The van der Waals surface area contributed by atoms with Crippen LogP contribution in [0.5, 0.6) is 11.5 Å². The lowest BCUT2D eigenvalue weighted by Crippen LogP contribution is -2.42. The Morgan fingerprint density at radius 2 is 1.66 bits per heavy atom. The van der Waals surface area contributed by atoms with E-state index in [9.17, 15) is 14.4 Å². The smallest absolute Gasteiger partial charge is 0.350 e. The lowest BCUT2D eigenvalue weighted by Gasteiger charge is -2.29. The molecule has 0 aromatic heterocycles. The molecule has 0 radical (unpaired) electrons. The van der Waals surface area contributed by atoms with Gasteiger partial charge in [-0.15, -0.1) is 0 Å². The molecule has 2 N–H and O–H groups in total. The van der Waals surface area contributed by atoms with Gasteiger partial charge in [0.1, 0.15) is 0 Å². The number of hydrogen-bond donors (Lipinski definition) is 2. The number of esters is 2. The van der Waals surface area contributed by atoms with E-state index in [2.05, 4.69) is 10.6 Å². The van der Waals surface area contributed by atoms with Gasteiger partial charge in [0.05, 0.1) is 25.5 Å². The second-order valence-corrected chi connectivity index (χ2v) is 7.30. The zero-order valence-corrected chi connectivity index (χ0v) is 18.2. The zero-order valence-electron chi connectivity index (χ0n) is 18.2. The molecule has 168 valence electrons. The first-order valence-corrected chi connectivity index (χ1v) is 9.75. The molecule has 0 spiro atoms. The number of nitrogens with one attached hydrogen (secondary N) is 2. The van der Waals surface area contributed by atoms with Gasteiger partial charge < -0.3 is 29.6 Å². The summed E-state index contributed by atoms with van der Waals surface area (Å²) < 4.78 is 20.6. The summed E-state index contributed by atoms with van der Waals surface area (Å²) in [4.78, 5) is 36.9. The maximum atomic E-state index is 12.8.